The van der Waals surface area contributed by atoms with Gasteiger partial charge in [-0.3, -0.25) is 0 Å². The van der Waals surface area contributed by atoms with E-state index in [4.69, 9.17) is 4.74 Å². The fourth-order valence-electron chi connectivity index (χ4n) is 3.91. The number of nitrogens with zero attached hydrogens (tertiary/aromatic N) is 1. The lowest BCUT2D eigenvalue weighted by atomic mass is 9.89. The van der Waals surface area contributed by atoms with Crippen LogP contribution in [0.25, 0.3) is 0 Å². The summed E-state index contributed by atoms with van der Waals surface area (Å²) in [6.07, 6.45) is 2.82. The average Bonchev–Trinajstić information content (AvgIpc) is 2.55. The van der Waals surface area contributed by atoms with Gasteiger partial charge in [0.25, 0.3) is 0 Å². The van der Waals surface area contributed by atoms with E-state index in [-0.39, 0.29) is 17.8 Å². The molecule has 0 amide bonds. The third kappa shape index (κ3) is 4.30. The lowest BCUT2D eigenvalue weighted by Gasteiger charge is -2.39. The maximum absolute atomic E-state index is 13.8. The lowest BCUT2D eigenvalue weighted by Crippen LogP contribution is -2.47. The van der Waals surface area contributed by atoms with Gasteiger partial charge in [-0.15, -0.1) is 0 Å². The van der Waals surface area contributed by atoms with Crippen molar-refractivity contribution >= 4 is 0 Å². The smallest absolute Gasteiger partial charge is 0.126 e. The Morgan fingerprint density at radius 3 is 2.91 bits per heavy atom. The van der Waals surface area contributed by atoms with Crippen LogP contribution in [0.5, 0.6) is 0 Å². The highest BCUT2D eigenvalue weighted by Gasteiger charge is 2.33. The van der Waals surface area contributed by atoms with Gasteiger partial charge in [-0.05, 0) is 43.4 Å². The molecule has 0 bridgehead atoms. The van der Waals surface area contributed by atoms with E-state index in [0.717, 1.165) is 44.5 Å². The molecule has 1 aromatic rings. The molecular weight excluding hydrogens is 296 g/mol. The Kier molecular flexibility index (Phi) is 5.65. The summed E-state index contributed by atoms with van der Waals surface area (Å²) in [5, 5.41) is 0. The van der Waals surface area contributed by atoms with Crippen LogP contribution in [0, 0.1) is 17.7 Å². The van der Waals surface area contributed by atoms with Crippen LogP contribution in [0.2, 0.25) is 0 Å². The fourth-order valence-corrected chi connectivity index (χ4v) is 3.91. The standard InChI is InChI=1S/C19H27F2NO/c1-14-17(20)8-10-23-19(14)13-22-9-4-5-15(12-22)11-16-6-2-3-7-18(16)21/h2-3,6-7,14-15,17,19H,4-5,8-13H2,1H3/t14-,15?,17+,19-/m1/s1. The van der Waals surface area contributed by atoms with E-state index in [0.29, 0.717) is 18.9 Å². The number of rotatable bonds is 4. The molecule has 1 aromatic carbocycles. The van der Waals surface area contributed by atoms with Crippen LogP contribution in [-0.2, 0) is 11.2 Å². The minimum absolute atomic E-state index is 0.00837. The second-order valence-corrected chi connectivity index (χ2v) is 7.14. The van der Waals surface area contributed by atoms with Gasteiger partial charge in [-0.1, -0.05) is 25.1 Å². The van der Waals surface area contributed by atoms with Crippen LogP contribution in [-0.4, -0.2) is 43.4 Å². The average molecular weight is 323 g/mol. The zero-order valence-corrected chi connectivity index (χ0v) is 13.9. The van der Waals surface area contributed by atoms with Crippen LogP contribution >= 0.6 is 0 Å². The zero-order chi connectivity index (χ0) is 16.2. The second-order valence-electron chi connectivity index (χ2n) is 7.14. The van der Waals surface area contributed by atoms with Crippen molar-refractivity contribution < 1.29 is 13.5 Å². The molecular formula is C19H27F2NO. The number of ether oxygens (including phenoxy) is 1. The highest BCUT2D eigenvalue weighted by Crippen LogP contribution is 2.27. The minimum atomic E-state index is -0.743. The molecule has 0 saturated carbocycles. The molecule has 2 fully saturated rings. The van der Waals surface area contributed by atoms with Crippen LogP contribution in [0.15, 0.2) is 24.3 Å². The summed E-state index contributed by atoms with van der Waals surface area (Å²) < 4.78 is 33.5. The van der Waals surface area contributed by atoms with Gasteiger partial charge in [0.2, 0.25) is 0 Å². The molecule has 4 heteroatoms. The molecule has 4 atom stereocenters. The lowest BCUT2D eigenvalue weighted by molar-refractivity contribution is -0.0759. The maximum Gasteiger partial charge on any atom is 0.126 e. The van der Waals surface area contributed by atoms with Gasteiger partial charge >= 0.3 is 0 Å². The van der Waals surface area contributed by atoms with Crippen LogP contribution in [0.4, 0.5) is 8.78 Å². The molecule has 0 aliphatic carbocycles. The first-order chi connectivity index (χ1) is 11.1. The molecule has 3 rings (SSSR count). The first-order valence-electron chi connectivity index (χ1n) is 8.85. The first-order valence-corrected chi connectivity index (χ1v) is 8.85. The van der Waals surface area contributed by atoms with Gasteiger partial charge in [0, 0.05) is 32.0 Å². The van der Waals surface area contributed by atoms with Gasteiger partial charge in [0.05, 0.1) is 6.10 Å². The van der Waals surface area contributed by atoms with Crippen molar-refractivity contribution in [2.24, 2.45) is 11.8 Å². The molecule has 2 aliphatic heterocycles. The Bertz CT molecular complexity index is 510. The molecule has 2 nitrogen and oxygen atoms in total. The summed E-state index contributed by atoms with van der Waals surface area (Å²) >= 11 is 0. The summed E-state index contributed by atoms with van der Waals surface area (Å²) in [7, 11) is 0. The highest BCUT2D eigenvalue weighted by atomic mass is 19.1. The van der Waals surface area contributed by atoms with Crippen molar-refractivity contribution in [3.05, 3.63) is 35.6 Å². The Labute approximate surface area is 137 Å². The third-order valence-corrected chi connectivity index (χ3v) is 5.39. The monoisotopic (exact) mass is 323 g/mol. The second kappa shape index (κ2) is 7.71. The molecule has 23 heavy (non-hydrogen) atoms. The summed E-state index contributed by atoms with van der Waals surface area (Å²) in [6, 6.07) is 7.06. The Balaban J connectivity index is 1.55. The molecule has 1 unspecified atom stereocenters. The molecule has 0 aromatic heterocycles. The van der Waals surface area contributed by atoms with Crippen molar-refractivity contribution in [2.75, 3.05) is 26.2 Å². The largest absolute Gasteiger partial charge is 0.376 e. The van der Waals surface area contributed by atoms with E-state index in [9.17, 15) is 8.78 Å². The van der Waals surface area contributed by atoms with Crippen LogP contribution in [0.1, 0.15) is 31.7 Å². The molecule has 0 spiro atoms. The van der Waals surface area contributed by atoms with E-state index in [1.165, 1.54) is 6.07 Å². The number of piperidine rings is 1. The summed E-state index contributed by atoms with van der Waals surface area (Å²) in [5.41, 5.74) is 0.811. The van der Waals surface area contributed by atoms with Crippen LogP contribution in [0.3, 0.4) is 0 Å². The number of halogens is 2. The molecule has 0 radical (unpaired) electrons. The van der Waals surface area contributed by atoms with E-state index in [1.807, 2.05) is 19.1 Å². The maximum atomic E-state index is 13.8. The van der Waals surface area contributed by atoms with Crippen molar-refractivity contribution in [3.8, 4) is 0 Å². The third-order valence-electron chi connectivity index (χ3n) is 5.39. The molecule has 2 saturated heterocycles. The van der Waals surface area contributed by atoms with Crippen LogP contribution < -0.4 is 0 Å². The van der Waals surface area contributed by atoms with Crippen molar-refractivity contribution in [2.45, 2.75) is 44.9 Å². The predicted octanol–water partition coefficient (Wildman–Crippen LogP) is 3.84. The molecule has 2 heterocycles. The molecule has 0 N–H and O–H groups in total. The quantitative estimate of drug-likeness (QED) is 0.835. The summed E-state index contributed by atoms with van der Waals surface area (Å²) in [6.45, 7) is 5.28. The molecule has 2 aliphatic rings. The Morgan fingerprint density at radius 1 is 1.26 bits per heavy atom. The van der Waals surface area contributed by atoms with E-state index in [2.05, 4.69) is 4.90 Å². The number of benzene rings is 1. The fraction of sp³-hybridized carbons (Fsp3) is 0.684. The van der Waals surface area contributed by atoms with Gasteiger partial charge in [0.15, 0.2) is 0 Å². The van der Waals surface area contributed by atoms with E-state index < -0.39 is 6.17 Å². The SMILES string of the molecule is C[C@@H]1[C@@H](F)CCO[C@@H]1CN1CCCC(Cc2ccccc2F)C1. The van der Waals surface area contributed by atoms with E-state index >= 15 is 0 Å². The number of hydrogen-bond donors (Lipinski definition) is 0. The minimum Gasteiger partial charge on any atom is -0.376 e. The van der Waals surface area contributed by atoms with Crippen molar-refractivity contribution in [1.29, 1.82) is 0 Å². The summed E-state index contributed by atoms with van der Waals surface area (Å²) in [5.74, 6) is 0.338. The number of hydrogen-bond acceptors (Lipinski definition) is 2. The van der Waals surface area contributed by atoms with Gasteiger partial charge in [-0.2, -0.15) is 0 Å². The summed E-state index contributed by atoms with van der Waals surface area (Å²) in [4.78, 5) is 2.38. The van der Waals surface area contributed by atoms with Crippen molar-refractivity contribution in [1.82, 2.24) is 4.90 Å². The number of likely N-dealkylation sites (tertiary alicyclic amines) is 1. The predicted molar refractivity (Wildman–Crippen MR) is 87.7 cm³/mol. The van der Waals surface area contributed by atoms with Gasteiger partial charge < -0.3 is 9.64 Å². The van der Waals surface area contributed by atoms with Gasteiger partial charge in [0.1, 0.15) is 12.0 Å². The normalized spacial score (nSPS) is 32.8. The number of alkyl halides is 1. The first kappa shape index (κ1) is 16.8. The Hall–Kier alpha value is -1.00. The Morgan fingerprint density at radius 2 is 2.09 bits per heavy atom. The van der Waals surface area contributed by atoms with E-state index in [1.54, 1.807) is 6.07 Å². The zero-order valence-electron chi connectivity index (χ0n) is 13.9. The molecule has 128 valence electrons. The van der Waals surface area contributed by atoms with Gasteiger partial charge in [-0.25, -0.2) is 8.78 Å². The highest BCUT2D eigenvalue weighted by molar-refractivity contribution is 5.18. The van der Waals surface area contributed by atoms with Crippen molar-refractivity contribution in [3.63, 3.8) is 0 Å². The topological polar surface area (TPSA) is 12.5 Å².